The maximum Gasteiger partial charge on any atom is 0.329 e. The molecule has 0 saturated carbocycles. The first-order chi connectivity index (χ1) is 8.59. The average Bonchev–Trinajstić information content (AvgIpc) is 2.66. The Morgan fingerprint density at radius 2 is 1.94 bits per heavy atom. The van der Waals surface area contributed by atoms with Gasteiger partial charge in [0.25, 0.3) is 5.56 Å². The van der Waals surface area contributed by atoms with E-state index in [0.29, 0.717) is 0 Å². The summed E-state index contributed by atoms with van der Waals surface area (Å²) in [6, 6.07) is -0.107. The molecule has 2 heterocycles. The summed E-state index contributed by atoms with van der Waals surface area (Å²) in [5, 5.41) is 0.753. The molecular formula is C13H16N2O2S. The molecule has 0 bridgehead atoms. The van der Waals surface area contributed by atoms with Gasteiger partial charge in [-0.15, -0.1) is 11.3 Å². The van der Waals surface area contributed by atoms with E-state index in [1.807, 2.05) is 13.8 Å². The third-order valence-corrected chi connectivity index (χ3v) is 4.77. The van der Waals surface area contributed by atoms with Crippen molar-refractivity contribution in [1.29, 1.82) is 0 Å². The first-order valence-corrected chi connectivity index (χ1v) is 7.20. The van der Waals surface area contributed by atoms with Crippen LogP contribution in [0.25, 0.3) is 10.2 Å². The number of nitrogens with zero attached hydrogens (tertiary/aromatic N) is 1. The molecule has 0 aliphatic heterocycles. The molecule has 1 N–H and O–H groups in total. The van der Waals surface area contributed by atoms with Crippen molar-refractivity contribution in [3.05, 3.63) is 31.3 Å². The quantitative estimate of drug-likeness (QED) is 0.858. The van der Waals surface area contributed by atoms with Gasteiger partial charge < -0.3 is 0 Å². The summed E-state index contributed by atoms with van der Waals surface area (Å²) in [5.74, 6) is 0. The number of rotatable bonds is 1. The van der Waals surface area contributed by atoms with Crippen molar-refractivity contribution in [3.63, 3.8) is 0 Å². The lowest BCUT2D eigenvalue weighted by Crippen LogP contribution is -2.36. The Hall–Kier alpha value is -1.36. The van der Waals surface area contributed by atoms with Crippen LogP contribution in [0.3, 0.4) is 0 Å². The fourth-order valence-corrected chi connectivity index (χ4v) is 3.99. The number of thiophene rings is 1. The van der Waals surface area contributed by atoms with Crippen LogP contribution in [0.4, 0.5) is 0 Å². The van der Waals surface area contributed by atoms with E-state index in [9.17, 15) is 9.59 Å². The van der Waals surface area contributed by atoms with Crippen LogP contribution >= 0.6 is 11.3 Å². The van der Waals surface area contributed by atoms with Crippen LogP contribution in [0.15, 0.2) is 9.59 Å². The highest BCUT2D eigenvalue weighted by molar-refractivity contribution is 7.18. The Labute approximate surface area is 108 Å². The summed E-state index contributed by atoms with van der Waals surface area (Å²) in [5.41, 5.74) is 0.765. The summed E-state index contributed by atoms with van der Waals surface area (Å²) in [7, 11) is 0. The second-order valence-corrected chi connectivity index (χ2v) is 6.22. The predicted octanol–water partition coefficient (Wildman–Crippen LogP) is 2.21. The molecule has 0 aromatic carbocycles. The summed E-state index contributed by atoms with van der Waals surface area (Å²) < 4.78 is 1.32. The number of H-pyrrole nitrogens is 1. The molecule has 1 aliphatic carbocycles. The number of aryl methyl sites for hydroxylation is 2. The molecule has 0 fully saturated rings. The van der Waals surface area contributed by atoms with Crippen LogP contribution in [0, 0.1) is 0 Å². The Balaban J connectivity index is 2.43. The van der Waals surface area contributed by atoms with E-state index in [1.165, 1.54) is 21.4 Å². The van der Waals surface area contributed by atoms with Gasteiger partial charge in [-0.05, 0) is 45.1 Å². The van der Waals surface area contributed by atoms with Crippen molar-refractivity contribution < 1.29 is 0 Å². The Kier molecular flexibility index (Phi) is 2.66. The maximum atomic E-state index is 12.5. The van der Waals surface area contributed by atoms with Crippen molar-refractivity contribution in [2.24, 2.45) is 0 Å². The SMILES string of the molecule is CC(C)n1c(=O)[nH]c2sc3c(c2c1=O)CCCC3. The van der Waals surface area contributed by atoms with Crippen LogP contribution in [-0.4, -0.2) is 9.55 Å². The van der Waals surface area contributed by atoms with E-state index >= 15 is 0 Å². The predicted molar refractivity (Wildman–Crippen MR) is 73.7 cm³/mol. The lowest BCUT2D eigenvalue weighted by atomic mass is 9.97. The monoisotopic (exact) mass is 264 g/mol. The second kappa shape index (κ2) is 4.09. The van der Waals surface area contributed by atoms with Gasteiger partial charge in [0, 0.05) is 10.9 Å². The molecule has 3 rings (SSSR count). The fraction of sp³-hybridized carbons (Fsp3) is 0.538. The van der Waals surface area contributed by atoms with Crippen molar-refractivity contribution >= 4 is 21.6 Å². The molecule has 0 unspecified atom stereocenters. The Bertz CT molecular complexity index is 721. The van der Waals surface area contributed by atoms with Crippen molar-refractivity contribution in [2.75, 3.05) is 0 Å². The summed E-state index contributed by atoms with van der Waals surface area (Å²) in [6.45, 7) is 3.72. The molecular weight excluding hydrogens is 248 g/mol. The van der Waals surface area contributed by atoms with Gasteiger partial charge in [-0.1, -0.05) is 0 Å². The molecule has 0 amide bonds. The molecule has 0 spiro atoms. The lowest BCUT2D eigenvalue weighted by molar-refractivity contribution is 0.552. The molecule has 18 heavy (non-hydrogen) atoms. The van der Waals surface area contributed by atoms with Gasteiger partial charge in [0.05, 0.1) is 5.39 Å². The van der Waals surface area contributed by atoms with Gasteiger partial charge in [-0.2, -0.15) is 0 Å². The molecule has 4 nitrogen and oxygen atoms in total. The van der Waals surface area contributed by atoms with E-state index in [0.717, 1.165) is 29.5 Å². The zero-order chi connectivity index (χ0) is 12.9. The maximum absolute atomic E-state index is 12.5. The minimum atomic E-state index is -0.291. The Morgan fingerprint density at radius 1 is 1.22 bits per heavy atom. The molecule has 5 heteroatoms. The number of aromatic amines is 1. The van der Waals surface area contributed by atoms with Gasteiger partial charge in [0.1, 0.15) is 4.83 Å². The summed E-state index contributed by atoms with van der Waals surface area (Å²) in [4.78, 5) is 29.3. The highest BCUT2D eigenvalue weighted by atomic mass is 32.1. The topological polar surface area (TPSA) is 54.9 Å². The van der Waals surface area contributed by atoms with E-state index in [4.69, 9.17) is 0 Å². The number of hydrogen-bond donors (Lipinski definition) is 1. The Morgan fingerprint density at radius 3 is 2.67 bits per heavy atom. The number of aromatic nitrogens is 2. The largest absolute Gasteiger partial charge is 0.329 e. The van der Waals surface area contributed by atoms with Gasteiger partial charge in [0.2, 0.25) is 0 Å². The highest BCUT2D eigenvalue weighted by Crippen LogP contribution is 2.33. The molecule has 2 aromatic heterocycles. The summed E-state index contributed by atoms with van der Waals surface area (Å²) in [6.07, 6.45) is 4.33. The minimum Gasteiger partial charge on any atom is -0.298 e. The van der Waals surface area contributed by atoms with Crippen LogP contribution < -0.4 is 11.2 Å². The molecule has 0 radical (unpaired) electrons. The van der Waals surface area contributed by atoms with Crippen molar-refractivity contribution in [2.45, 2.75) is 45.6 Å². The molecule has 1 aliphatic rings. The molecule has 0 atom stereocenters. The van der Waals surface area contributed by atoms with E-state index < -0.39 is 0 Å². The molecule has 96 valence electrons. The zero-order valence-corrected chi connectivity index (χ0v) is 11.4. The third-order valence-electron chi connectivity index (χ3n) is 3.56. The summed E-state index contributed by atoms with van der Waals surface area (Å²) >= 11 is 1.58. The zero-order valence-electron chi connectivity index (χ0n) is 10.6. The van der Waals surface area contributed by atoms with Crippen molar-refractivity contribution in [3.8, 4) is 0 Å². The van der Waals surface area contributed by atoms with E-state index in [-0.39, 0.29) is 17.3 Å². The standard InChI is InChI=1S/C13H16N2O2S/c1-7(2)15-12(16)10-8-5-3-4-6-9(8)18-11(10)14-13(15)17/h7H,3-6H2,1-2H3,(H,14,17). The molecule has 0 saturated heterocycles. The fourth-order valence-electron chi connectivity index (χ4n) is 2.72. The first kappa shape index (κ1) is 11.7. The number of nitrogens with one attached hydrogen (secondary N) is 1. The van der Waals surface area contributed by atoms with Crippen LogP contribution in [0.5, 0.6) is 0 Å². The van der Waals surface area contributed by atoms with E-state index in [1.54, 1.807) is 11.3 Å². The minimum absolute atomic E-state index is 0.107. The van der Waals surface area contributed by atoms with Gasteiger partial charge >= 0.3 is 5.69 Å². The van der Waals surface area contributed by atoms with Crippen LogP contribution in [-0.2, 0) is 12.8 Å². The van der Waals surface area contributed by atoms with Crippen LogP contribution in [0.2, 0.25) is 0 Å². The van der Waals surface area contributed by atoms with Gasteiger partial charge in [-0.3, -0.25) is 14.3 Å². The van der Waals surface area contributed by atoms with Crippen LogP contribution in [0.1, 0.15) is 43.2 Å². The third kappa shape index (κ3) is 1.57. The highest BCUT2D eigenvalue weighted by Gasteiger charge is 2.21. The van der Waals surface area contributed by atoms with Crippen molar-refractivity contribution in [1.82, 2.24) is 9.55 Å². The number of fused-ring (bicyclic) bond motifs is 3. The second-order valence-electron chi connectivity index (χ2n) is 5.11. The normalized spacial score (nSPS) is 15.3. The van der Waals surface area contributed by atoms with E-state index in [2.05, 4.69) is 4.98 Å². The number of hydrogen-bond acceptors (Lipinski definition) is 3. The molecule has 2 aromatic rings. The van der Waals surface area contributed by atoms with Gasteiger partial charge in [0.15, 0.2) is 0 Å². The van der Waals surface area contributed by atoms with Gasteiger partial charge in [-0.25, -0.2) is 4.79 Å². The smallest absolute Gasteiger partial charge is 0.298 e. The average molecular weight is 264 g/mol. The lowest BCUT2D eigenvalue weighted by Gasteiger charge is -2.11. The first-order valence-electron chi connectivity index (χ1n) is 6.38.